The minimum atomic E-state index is -1.89. The van der Waals surface area contributed by atoms with E-state index in [9.17, 15) is 14.4 Å². The number of hydrogen-bond acceptors (Lipinski definition) is 7. The van der Waals surface area contributed by atoms with Crippen molar-refractivity contribution in [2.75, 3.05) is 5.32 Å². The van der Waals surface area contributed by atoms with Crippen molar-refractivity contribution in [3.05, 3.63) is 88.5 Å². The molecule has 0 unspecified atom stereocenters. The summed E-state index contributed by atoms with van der Waals surface area (Å²) in [6.45, 7) is 6.55. The van der Waals surface area contributed by atoms with Gasteiger partial charge in [0.25, 0.3) is 0 Å². The number of rotatable bonds is 4. The quantitative estimate of drug-likeness (QED) is 0.669. The number of anilines is 1. The van der Waals surface area contributed by atoms with Crippen molar-refractivity contribution in [1.29, 1.82) is 0 Å². The lowest BCUT2D eigenvalue weighted by Crippen LogP contribution is -2.49. The monoisotopic (exact) mass is 462 g/mol. The maximum Gasteiger partial charge on any atom is 0.341 e. The molecule has 8 nitrogen and oxygen atoms in total. The zero-order valence-corrected chi connectivity index (χ0v) is 19.4. The van der Waals surface area contributed by atoms with Crippen molar-refractivity contribution in [2.45, 2.75) is 45.3 Å². The van der Waals surface area contributed by atoms with Gasteiger partial charge in [0.2, 0.25) is 11.8 Å². The predicted molar refractivity (Wildman–Crippen MR) is 124 cm³/mol. The fraction of sp³-hybridized carbons (Fsp3) is 0.269. The van der Waals surface area contributed by atoms with Crippen molar-refractivity contribution >= 4 is 23.5 Å². The molecule has 2 aliphatic rings. The Kier molecular flexibility index (Phi) is 5.69. The number of amides is 1. The molecule has 0 bridgehead atoms. The van der Waals surface area contributed by atoms with Gasteiger partial charge in [-0.05, 0) is 39.3 Å². The van der Waals surface area contributed by atoms with Gasteiger partial charge in [-0.15, -0.1) is 0 Å². The largest absolute Gasteiger partial charge is 0.457 e. The minimum Gasteiger partial charge on any atom is -0.457 e. The number of esters is 2. The molecule has 3 N–H and O–H groups in total. The second-order valence-electron chi connectivity index (χ2n) is 9.09. The Bertz CT molecular complexity index is 1240. The zero-order chi connectivity index (χ0) is 24.7. The van der Waals surface area contributed by atoms with Gasteiger partial charge in [0.05, 0.1) is 0 Å². The Morgan fingerprint density at radius 1 is 1.00 bits per heavy atom. The fourth-order valence-corrected chi connectivity index (χ4v) is 4.27. The lowest BCUT2D eigenvalue weighted by atomic mass is 9.67. The first-order valence-electron chi connectivity index (χ1n) is 10.8. The Morgan fingerprint density at radius 3 is 2.32 bits per heavy atom. The standard InChI is InChI=1S/C26H26N2O6/c1-15-19(22(29)32-14-16-10-6-5-7-11-16)26(17-12-8-9-13-18(17)28-24(26)31)20(21(27)33-15)23(30)34-25(2,3)4/h5-13H,14,27H2,1-4H3,(H,28,31)/t26-/m1/s1. The van der Waals surface area contributed by atoms with Gasteiger partial charge < -0.3 is 25.3 Å². The van der Waals surface area contributed by atoms with E-state index in [0.717, 1.165) is 5.56 Å². The van der Waals surface area contributed by atoms with Crippen LogP contribution in [-0.2, 0) is 40.6 Å². The summed E-state index contributed by atoms with van der Waals surface area (Å²) in [5.74, 6) is -2.53. The Morgan fingerprint density at radius 2 is 1.65 bits per heavy atom. The first kappa shape index (κ1) is 23.1. The van der Waals surface area contributed by atoms with E-state index in [1.54, 1.807) is 45.0 Å². The van der Waals surface area contributed by atoms with E-state index >= 15 is 0 Å². The third kappa shape index (κ3) is 3.81. The third-order valence-corrected chi connectivity index (χ3v) is 5.55. The van der Waals surface area contributed by atoms with E-state index < -0.39 is 28.9 Å². The van der Waals surface area contributed by atoms with Crippen LogP contribution in [0.4, 0.5) is 5.69 Å². The Balaban J connectivity index is 1.87. The molecule has 2 aromatic rings. The van der Waals surface area contributed by atoms with Gasteiger partial charge >= 0.3 is 11.9 Å². The van der Waals surface area contributed by atoms with Crippen molar-refractivity contribution < 1.29 is 28.6 Å². The van der Waals surface area contributed by atoms with Gasteiger partial charge in [-0.2, -0.15) is 0 Å². The Hall–Kier alpha value is -4.07. The van der Waals surface area contributed by atoms with Crippen LogP contribution in [0.2, 0.25) is 0 Å². The summed E-state index contributed by atoms with van der Waals surface area (Å²) < 4.78 is 16.8. The molecule has 2 aliphatic heterocycles. The summed E-state index contributed by atoms with van der Waals surface area (Å²) in [6, 6.07) is 15.9. The topological polar surface area (TPSA) is 117 Å². The van der Waals surface area contributed by atoms with E-state index in [1.165, 1.54) is 6.92 Å². The minimum absolute atomic E-state index is 0.0310. The van der Waals surface area contributed by atoms with Crippen LogP contribution in [0.3, 0.4) is 0 Å². The third-order valence-electron chi connectivity index (χ3n) is 5.55. The molecular weight excluding hydrogens is 436 g/mol. The number of nitrogens with one attached hydrogen (secondary N) is 1. The molecule has 176 valence electrons. The fourth-order valence-electron chi connectivity index (χ4n) is 4.27. The molecule has 34 heavy (non-hydrogen) atoms. The van der Waals surface area contributed by atoms with Crippen LogP contribution in [0.25, 0.3) is 0 Å². The van der Waals surface area contributed by atoms with Crippen molar-refractivity contribution in [2.24, 2.45) is 5.73 Å². The summed E-state index contributed by atoms with van der Waals surface area (Å²) in [6.07, 6.45) is 0. The van der Waals surface area contributed by atoms with E-state index in [2.05, 4.69) is 5.32 Å². The maximum absolute atomic E-state index is 13.7. The summed E-state index contributed by atoms with van der Waals surface area (Å²) >= 11 is 0. The molecule has 0 aromatic heterocycles. The average molecular weight is 463 g/mol. The number of carbonyl (C=O) groups is 3. The maximum atomic E-state index is 13.7. The highest BCUT2D eigenvalue weighted by molar-refractivity contribution is 6.21. The normalized spacial score (nSPS) is 19.5. The molecule has 1 amide bonds. The van der Waals surface area contributed by atoms with E-state index in [0.29, 0.717) is 11.3 Å². The average Bonchev–Trinajstić information content (AvgIpc) is 3.03. The van der Waals surface area contributed by atoms with Crippen molar-refractivity contribution in [1.82, 2.24) is 0 Å². The summed E-state index contributed by atoms with van der Waals surface area (Å²) in [5.41, 5.74) is 4.62. The molecule has 4 rings (SSSR count). The number of benzene rings is 2. The molecule has 2 aromatic carbocycles. The molecule has 0 radical (unpaired) electrons. The number of para-hydroxylation sites is 1. The molecule has 1 atom stereocenters. The molecule has 8 heteroatoms. The van der Waals surface area contributed by atoms with Crippen LogP contribution in [0.1, 0.15) is 38.8 Å². The van der Waals surface area contributed by atoms with E-state index in [-0.39, 0.29) is 29.4 Å². The van der Waals surface area contributed by atoms with Crippen LogP contribution in [0.15, 0.2) is 77.4 Å². The number of fused-ring (bicyclic) bond motifs is 2. The van der Waals surface area contributed by atoms with Crippen LogP contribution in [-0.4, -0.2) is 23.4 Å². The molecular formula is C26H26N2O6. The number of ether oxygens (including phenoxy) is 3. The molecule has 0 aliphatic carbocycles. The van der Waals surface area contributed by atoms with Gasteiger partial charge in [0.15, 0.2) is 0 Å². The second kappa shape index (κ2) is 8.37. The van der Waals surface area contributed by atoms with Crippen LogP contribution >= 0.6 is 0 Å². The number of hydrogen-bond donors (Lipinski definition) is 2. The second-order valence-corrected chi connectivity index (χ2v) is 9.09. The highest BCUT2D eigenvalue weighted by Gasteiger charge is 2.62. The lowest BCUT2D eigenvalue weighted by molar-refractivity contribution is -0.152. The first-order chi connectivity index (χ1) is 16.1. The number of carbonyl (C=O) groups excluding carboxylic acids is 3. The number of nitrogens with two attached hydrogens (primary N) is 1. The van der Waals surface area contributed by atoms with Gasteiger partial charge in [-0.3, -0.25) is 4.79 Å². The highest BCUT2D eigenvalue weighted by Crippen LogP contribution is 2.52. The van der Waals surface area contributed by atoms with E-state index in [4.69, 9.17) is 19.9 Å². The SMILES string of the molecule is CC1=C(C(=O)OCc2ccccc2)[C@@]2(C(=O)Nc3ccccc32)C(C(=O)OC(C)(C)C)=C(N)O1. The molecule has 0 saturated heterocycles. The van der Waals surface area contributed by atoms with Crippen LogP contribution in [0, 0.1) is 0 Å². The first-order valence-corrected chi connectivity index (χ1v) is 10.8. The van der Waals surface area contributed by atoms with Crippen LogP contribution < -0.4 is 11.1 Å². The molecule has 0 fully saturated rings. The van der Waals surface area contributed by atoms with Gasteiger partial charge in [-0.25, -0.2) is 9.59 Å². The Labute approximate surface area is 197 Å². The lowest BCUT2D eigenvalue weighted by Gasteiger charge is -2.36. The number of allylic oxidation sites excluding steroid dienone is 1. The summed E-state index contributed by atoms with van der Waals surface area (Å²) in [4.78, 5) is 40.6. The smallest absolute Gasteiger partial charge is 0.341 e. The van der Waals surface area contributed by atoms with Crippen LogP contribution in [0.5, 0.6) is 0 Å². The molecule has 1 spiro atoms. The van der Waals surface area contributed by atoms with E-state index in [1.807, 2.05) is 30.3 Å². The summed E-state index contributed by atoms with van der Waals surface area (Å²) in [5, 5.41) is 2.77. The van der Waals surface area contributed by atoms with Gasteiger partial charge in [0.1, 0.15) is 34.5 Å². The van der Waals surface area contributed by atoms with Crippen molar-refractivity contribution in [3.63, 3.8) is 0 Å². The predicted octanol–water partition coefficient (Wildman–Crippen LogP) is 3.44. The van der Waals surface area contributed by atoms with Gasteiger partial charge in [-0.1, -0.05) is 48.5 Å². The van der Waals surface area contributed by atoms with Gasteiger partial charge in [0, 0.05) is 11.3 Å². The highest BCUT2D eigenvalue weighted by atomic mass is 16.6. The summed E-state index contributed by atoms with van der Waals surface area (Å²) in [7, 11) is 0. The molecule has 0 saturated carbocycles. The molecule has 2 heterocycles. The zero-order valence-electron chi connectivity index (χ0n) is 19.4. The van der Waals surface area contributed by atoms with Crippen molar-refractivity contribution in [3.8, 4) is 0 Å².